The SMILES string of the molecule is CC/C=C\C/C=C\C/C=C\C/C=C\C/C=C\C/C=C\C/C=C\C/C=C\CCCCCCCCCCCCCCCCCCC(=O)OC(COC(=O)CCC/C=C\C/C=C\C/C=C\C/C=C\C/C=C\C/C=C\C/C=C\CC)COC(OCC[N+](C)(C)C)C(=O)[O-]. The molecular weight excluding hydrogens is 1100 g/mol. The standard InChI is InChI=1S/C80H127NO8/c1-6-8-10-12-14-16-18-20-22-24-26-28-30-31-32-33-34-35-36-37-38-39-40-41-42-43-44-45-46-47-49-51-53-55-57-59-61-63-65-67-69-71-78(83)89-76(75-88-80(79(84)85)86-73-72-81(3,4)5)74-87-77(82)70-68-66-64-62-60-58-56-54-52-50-48-29-27-25-23-21-19-17-15-13-11-9-7-2/h8-11,14-17,20-23,26-29,31-32,34-35,37-38,40-41,50,52,56,58,62,64,76,80H,6-7,12-13,18-19,24-25,30,33,36,39,42-49,51,53-55,57,59-61,63,65-75H2,1-5H3/b10-8-,11-9-,16-14-,17-15-,22-20-,23-21-,28-26-,29-27-,32-31-,35-34-,38-37-,41-40-,52-50-,58-56-,64-62-. The molecule has 0 fully saturated rings. The van der Waals surface area contributed by atoms with E-state index in [0.29, 0.717) is 23.9 Å². The van der Waals surface area contributed by atoms with E-state index in [1.165, 1.54) is 83.5 Å². The number of nitrogens with zero attached hydrogens (tertiary/aromatic N) is 1. The molecule has 0 saturated carbocycles. The van der Waals surface area contributed by atoms with Gasteiger partial charge in [0.25, 0.3) is 0 Å². The van der Waals surface area contributed by atoms with Gasteiger partial charge in [-0.05, 0) is 128 Å². The Hall–Kier alpha value is -5.61. The largest absolute Gasteiger partial charge is 0.545 e. The quantitative estimate of drug-likeness (QED) is 0.0195. The molecule has 0 saturated heterocycles. The Morgan fingerprint density at radius 1 is 0.337 bits per heavy atom. The topological polar surface area (TPSA) is 111 Å². The molecule has 0 aliphatic rings. The first-order valence-electron chi connectivity index (χ1n) is 34.9. The average molecular weight is 1230 g/mol. The zero-order valence-corrected chi connectivity index (χ0v) is 57.0. The molecule has 0 aromatic heterocycles. The number of carbonyl (C=O) groups excluding carboxylic acids is 3. The number of quaternary nitrogens is 1. The number of esters is 2. The van der Waals surface area contributed by atoms with Crippen molar-refractivity contribution in [3.05, 3.63) is 182 Å². The van der Waals surface area contributed by atoms with E-state index >= 15 is 0 Å². The van der Waals surface area contributed by atoms with Gasteiger partial charge in [0.2, 0.25) is 0 Å². The summed E-state index contributed by atoms with van der Waals surface area (Å²) >= 11 is 0. The summed E-state index contributed by atoms with van der Waals surface area (Å²) < 4.78 is 22.7. The summed E-state index contributed by atoms with van der Waals surface area (Å²) in [6.45, 7) is 4.44. The Balaban J connectivity index is 4.17. The molecule has 0 spiro atoms. The van der Waals surface area contributed by atoms with Crippen LogP contribution >= 0.6 is 0 Å². The smallest absolute Gasteiger partial charge is 0.306 e. The van der Waals surface area contributed by atoms with Crippen LogP contribution in [0.2, 0.25) is 0 Å². The van der Waals surface area contributed by atoms with Gasteiger partial charge in [0, 0.05) is 12.8 Å². The molecule has 0 aromatic rings. The molecule has 9 nitrogen and oxygen atoms in total. The van der Waals surface area contributed by atoms with Crippen molar-refractivity contribution in [2.45, 2.75) is 257 Å². The molecule has 0 radical (unpaired) electrons. The second-order valence-electron chi connectivity index (χ2n) is 23.7. The van der Waals surface area contributed by atoms with Crippen LogP contribution in [0.5, 0.6) is 0 Å². The third-order valence-corrected chi connectivity index (χ3v) is 14.1. The molecule has 0 heterocycles. The number of carbonyl (C=O) groups is 3. The minimum Gasteiger partial charge on any atom is -0.545 e. The van der Waals surface area contributed by atoms with Gasteiger partial charge in [-0.3, -0.25) is 9.59 Å². The van der Waals surface area contributed by atoms with Crippen molar-refractivity contribution in [3.8, 4) is 0 Å². The lowest BCUT2D eigenvalue weighted by molar-refractivity contribution is -0.870. The van der Waals surface area contributed by atoms with Crippen molar-refractivity contribution in [1.82, 2.24) is 0 Å². The van der Waals surface area contributed by atoms with Crippen molar-refractivity contribution in [2.75, 3.05) is 47.5 Å². The summed E-state index contributed by atoms with van der Waals surface area (Å²) in [6.07, 6.45) is 101. The number of allylic oxidation sites excluding steroid dienone is 30. The first-order chi connectivity index (χ1) is 43.6. The first-order valence-corrected chi connectivity index (χ1v) is 34.9. The maximum Gasteiger partial charge on any atom is 0.306 e. The number of aliphatic carboxylic acids is 1. The molecule has 0 aliphatic carbocycles. The molecule has 0 aliphatic heterocycles. The second-order valence-corrected chi connectivity index (χ2v) is 23.7. The van der Waals surface area contributed by atoms with Gasteiger partial charge in [0.1, 0.15) is 13.2 Å². The summed E-state index contributed by atoms with van der Waals surface area (Å²) in [7, 11) is 5.90. The van der Waals surface area contributed by atoms with Crippen molar-refractivity contribution >= 4 is 17.9 Å². The highest BCUT2D eigenvalue weighted by molar-refractivity contribution is 5.70. The normalized spacial score (nSPS) is 13.9. The highest BCUT2D eigenvalue weighted by atomic mass is 16.7. The van der Waals surface area contributed by atoms with Crippen LogP contribution in [0.25, 0.3) is 0 Å². The molecule has 2 unspecified atom stereocenters. The van der Waals surface area contributed by atoms with E-state index < -0.39 is 30.3 Å². The van der Waals surface area contributed by atoms with Gasteiger partial charge in [-0.2, -0.15) is 0 Å². The second kappa shape index (κ2) is 68.3. The summed E-state index contributed by atoms with van der Waals surface area (Å²) in [4.78, 5) is 37.4. The van der Waals surface area contributed by atoms with Gasteiger partial charge in [0.05, 0.1) is 40.3 Å². The average Bonchev–Trinajstić information content (AvgIpc) is 3.64. The van der Waals surface area contributed by atoms with Crippen LogP contribution in [-0.4, -0.2) is 82.3 Å². The summed E-state index contributed by atoms with van der Waals surface area (Å²) in [5.41, 5.74) is 0. The molecule has 2 atom stereocenters. The maximum absolute atomic E-state index is 12.9. The Morgan fingerprint density at radius 2 is 0.618 bits per heavy atom. The number of unbranched alkanes of at least 4 members (excludes halogenated alkanes) is 17. The van der Waals surface area contributed by atoms with E-state index in [2.05, 4.69) is 196 Å². The van der Waals surface area contributed by atoms with Gasteiger partial charge in [-0.15, -0.1) is 0 Å². The highest BCUT2D eigenvalue weighted by Gasteiger charge is 2.22. The first kappa shape index (κ1) is 83.4. The molecule has 9 heteroatoms. The van der Waals surface area contributed by atoms with Crippen molar-refractivity contribution < 1.29 is 42.9 Å². The predicted octanol–water partition coefficient (Wildman–Crippen LogP) is 20.7. The minimum absolute atomic E-state index is 0.130. The van der Waals surface area contributed by atoms with Crippen molar-refractivity contribution in [1.29, 1.82) is 0 Å². The lowest BCUT2D eigenvalue weighted by Crippen LogP contribution is -2.44. The van der Waals surface area contributed by atoms with Gasteiger partial charge < -0.3 is 33.3 Å². The number of hydrogen-bond donors (Lipinski definition) is 0. The number of ether oxygens (including phenoxy) is 4. The minimum atomic E-state index is -1.65. The molecule has 0 amide bonds. The lowest BCUT2D eigenvalue weighted by Gasteiger charge is -2.26. The summed E-state index contributed by atoms with van der Waals surface area (Å²) in [5.74, 6) is -2.38. The molecule has 0 N–H and O–H groups in total. The Bertz CT molecular complexity index is 2120. The number of rotatable bonds is 62. The fourth-order valence-electron chi connectivity index (χ4n) is 8.89. The van der Waals surface area contributed by atoms with Crippen LogP contribution < -0.4 is 5.11 Å². The van der Waals surface area contributed by atoms with Gasteiger partial charge in [-0.25, -0.2) is 0 Å². The third-order valence-electron chi connectivity index (χ3n) is 14.1. The number of carboxylic acid groups (broad SMARTS) is 1. The molecule has 0 aromatic carbocycles. The van der Waals surface area contributed by atoms with E-state index in [1.54, 1.807) is 0 Å². The van der Waals surface area contributed by atoms with E-state index in [0.717, 1.165) is 122 Å². The van der Waals surface area contributed by atoms with E-state index in [1.807, 2.05) is 21.1 Å². The zero-order valence-electron chi connectivity index (χ0n) is 57.0. The van der Waals surface area contributed by atoms with E-state index in [4.69, 9.17) is 18.9 Å². The third kappa shape index (κ3) is 69.7. The molecule has 0 bridgehead atoms. The fourth-order valence-corrected chi connectivity index (χ4v) is 8.89. The van der Waals surface area contributed by atoms with Crippen LogP contribution in [0.1, 0.15) is 245 Å². The van der Waals surface area contributed by atoms with Gasteiger partial charge in [0.15, 0.2) is 12.4 Å². The Kier molecular flexibility index (Phi) is 64.0. The van der Waals surface area contributed by atoms with Crippen LogP contribution in [0.3, 0.4) is 0 Å². The lowest BCUT2D eigenvalue weighted by atomic mass is 10.0. The Labute approximate surface area is 545 Å². The van der Waals surface area contributed by atoms with Crippen LogP contribution in [-0.2, 0) is 33.3 Å². The number of carboxylic acids is 1. The highest BCUT2D eigenvalue weighted by Crippen LogP contribution is 2.16. The zero-order chi connectivity index (χ0) is 64.7. The predicted molar refractivity (Wildman–Crippen MR) is 379 cm³/mol. The van der Waals surface area contributed by atoms with Gasteiger partial charge in [-0.1, -0.05) is 286 Å². The molecule has 500 valence electrons. The van der Waals surface area contributed by atoms with E-state index in [9.17, 15) is 19.5 Å². The molecular formula is C80H127NO8. The maximum atomic E-state index is 12.9. The number of hydrogen-bond acceptors (Lipinski definition) is 8. The summed E-state index contributed by atoms with van der Waals surface area (Å²) in [6, 6.07) is 0. The molecule has 89 heavy (non-hydrogen) atoms. The van der Waals surface area contributed by atoms with Crippen molar-refractivity contribution in [3.63, 3.8) is 0 Å². The summed E-state index contributed by atoms with van der Waals surface area (Å²) in [5, 5.41) is 11.8. The van der Waals surface area contributed by atoms with Gasteiger partial charge >= 0.3 is 11.9 Å². The van der Waals surface area contributed by atoms with E-state index in [-0.39, 0.29) is 32.7 Å². The fraction of sp³-hybridized carbons (Fsp3) is 0.588. The van der Waals surface area contributed by atoms with Crippen molar-refractivity contribution in [2.24, 2.45) is 0 Å². The monoisotopic (exact) mass is 1230 g/mol. The van der Waals surface area contributed by atoms with Crippen LogP contribution in [0, 0.1) is 0 Å². The molecule has 0 rings (SSSR count). The Morgan fingerprint density at radius 3 is 0.933 bits per heavy atom. The van der Waals surface area contributed by atoms with Crippen LogP contribution in [0.4, 0.5) is 0 Å². The number of likely N-dealkylation sites (N-methyl/N-ethyl adjacent to an activating group) is 1. The van der Waals surface area contributed by atoms with Crippen LogP contribution in [0.15, 0.2) is 182 Å².